The Morgan fingerprint density at radius 3 is 2.63 bits per heavy atom. The minimum absolute atomic E-state index is 0.00498. The van der Waals surface area contributed by atoms with Crippen LogP contribution in [0, 0.1) is 18.6 Å². The maximum absolute atomic E-state index is 14.1. The molecule has 3 aromatic heterocycles. The van der Waals surface area contributed by atoms with Crippen molar-refractivity contribution in [3.05, 3.63) is 53.3 Å². The van der Waals surface area contributed by atoms with Crippen LogP contribution in [0.3, 0.4) is 0 Å². The molecule has 1 atom stereocenters. The fourth-order valence-electron chi connectivity index (χ4n) is 5.07. The summed E-state index contributed by atoms with van der Waals surface area (Å²) in [4.78, 5) is 32.7. The highest BCUT2D eigenvalue weighted by Crippen LogP contribution is 2.27. The minimum atomic E-state index is -0.593. The Morgan fingerprint density at radius 2 is 1.89 bits per heavy atom. The van der Waals surface area contributed by atoms with Gasteiger partial charge in [-0.05, 0) is 38.0 Å². The molecule has 2 saturated heterocycles. The van der Waals surface area contributed by atoms with E-state index in [2.05, 4.69) is 25.0 Å². The van der Waals surface area contributed by atoms with Gasteiger partial charge < -0.3 is 20.0 Å². The number of nitrogens with zero attached hydrogens (tertiary/aromatic N) is 8. The number of fused-ring (bicyclic) bond motifs is 1. The lowest BCUT2D eigenvalue weighted by Crippen LogP contribution is -2.53. The summed E-state index contributed by atoms with van der Waals surface area (Å²) in [5, 5.41) is 4.36. The number of carbonyl (C=O) groups is 1. The van der Waals surface area contributed by atoms with Crippen molar-refractivity contribution in [2.45, 2.75) is 32.4 Å². The molecule has 2 N–H and O–H groups in total. The van der Waals surface area contributed by atoms with E-state index in [1.54, 1.807) is 6.07 Å². The van der Waals surface area contributed by atoms with Crippen molar-refractivity contribution in [1.82, 2.24) is 34.4 Å². The number of furan rings is 1. The summed E-state index contributed by atoms with van der Waals surface area (Å²) in [7, 11) is 0. The monoisotopic (exact) mass is 523 g/mol. The first-order valence-electron chi connectivity index (χ1n) is 12.5. The number of nitrogens with two attached hydrogens (primary N) is 1. The average Bonchev–Trinajstić information content (AvgIpc) is 3.65. The van der Waals surface area contributed by atoms with Gasteiger partial charge >= 0.3 is 0 Å². The Kier molecular flexibility index (Phi) is 6.14. The van der Waals surface area contributed by atoms with E-state index in [0.717, 1.165) is 18.2 Å². The fraction of sp³-hybridized carbons (Fsp3) is 0.400. The van der Waals surface area contributed by atoms with Crippen molar-refractivity contribution in [3.63, 3.8) is 0 Å². The number of halogens is 2. The summed E-state index contributed by atoms with van der Waals surface area (Å²) in [6, 6.07) is 6.82. The molecule has 4 aromatic rings. The molecule has 198 valence electrons. The largest absolute Gasteiger partial charge is 0.458 e. The second-order valence-corrected chi connectivity index (χ2v) is 9.63. The van der Waals surface area contributed by atoms with Crippen LogP contribution in [0.15, 0.2) is 34.7 Å². The van der Waals surface area contributed by atoms with Gasteiger partial charge in [0.2, 0.25) is 23.6 Å². The molecule has 13 heteroatoms. The first-order valence-corrected chi connectivity index (χ1v) is 12.5. The van der Waals surface area contributed by atoms with Crippen LogP contribution in [0.25, 0.3) is 17.4 Å². The molecule has 0 unspecified atom stereocenters. The summed E-state index contributed by atoms with van der Waals surface area (Å²) in [6.07, 6.45) is 1.50. The number of carbonyl (C=O) groups excluding carboxylic acids is 1. The molecular weight excluding hydrogens is 496 g/mol. The van der Waals surface area contributed by atoms with Gasteiger partial charge in [0.05, 0.1) is 0 Å². The predicted molar refractivity (Wildman–Crippen MR) is 134 cm³/mol. The zero-order valence-electron chi connectivity index (χ0n) is 20.8. The quantitative estimate of drug-likeness (QED) is 0.420. The van der Waals surface area contributed by atoms with Gasteiger partial charge in [-0.25, -0.2) is 8.78 Å². The number of nitrogen functional groups attached to an aromatic ring is 1. The zero-order chi connectivity index (χ0) is 26.4. The number of hydrogen-bond donors (Lipinski definition) is 1. The van der Waals surface area contributed by atoms with Crippen molar-refractivity contribution < 1.29 is 18.0 Å². The van der Waals surface area contributed by atoms with Crippen LogP contribution in [0.1, 0.15) is 24.2 Å². The Labute approximate surface area is 216 Å². The number of aromatic nitrogens is 5. The lowest BCUT2D eigenvalue weighted by Gasteiger charge is -2.37. The van der Waals surface area contributed by atoms with Crippen LogP contribution in [0.4, 0.5) is 20.7 Å². The maximum Gasteiger partial charge on any atom is 0.259 e. The van der Waals surface area contributed by atoms with Gasteiger partial charge in [-0.2, -0.15) is 19.5 Å². The van der Waals surface area contributed by atoms with Crippen LogP contribution in [0.2, 0.25) is 0 Å². The predicted octanol–water partition coefficient (Wildman–Crippen LogP) is 2.26. The van der Waals surface area contributed by atoms with Crippen LogP contribution in [-0.4, -0.2) is 79.0 Å². The number of benzene rings is 1. The van der Waals surface area contributed by atoms with E-state index in [1.807, 2.05) is 22.8 Å². The fourth-order valence-corrected chi connectivity index (χ4v) is 5.07. The Bertz CT molecular complexity index is 1500. The van der Waals surface area contributed by atoms with Gasteiger partial charge in [0.15, 0.2) is 5.76 Å². The maximum atomic E-state index is 14.1. The van der Waals surface area contributed by atoms with Gasteiger partial charge in [0, 0.05) is 50.9 Å². The lowest BCUT2D eigenvalue weighted by atomic mass is 10.1. The highest BCUT2D eigenvalue weighted by atomic mass is 19.1. The summed E-state index contributed by atoms with van der Waals surface area (Å²) in [6.45, 7) is 5.05. The number of amides is 1. The van der Waals surface area contributed by atoms with Crippen molar-refractivity contribution in [2.75, 3.05) is 43.4 Å². The lowest BCUT2D eigenvalue weighted by molar-refractivity contribution is -0.134. The SMILES string of the molecule is Cc1ccc(-c2nc3nc(N4CCC[C@H]4C(=O)N4CCN(Cc5ccc(F)cc5F)CC4)nc(N)n3n2)o1. The molecule has 11 nitrogen and oxygen atoms in total. The first kappa shape index (κ1) is 24.2. The molecule has 6 rings (SSSR count). The molecule has 2 aliphatic heterocycles. The highest BCUT2D eigenvalue weighted by Gasteiger charge is 2.37. The third kappa shape index (κ3) is 4.53. The second-order valence-electron chi connectivity index (χ2n) is 9.63. The van der Waals surface area contributed by atoms with Gasteiger partial charge in [0.25, 0.3) is 5.78 Å². The van der Waals surface area contributed by atoms with Crippen molar-refractivity contribution in [1.29, 1.82) is 0 Å². The average molecular weight is 524 g/mol. The van der Waals surface area contributed by atoms with Crippen molar-refractivity contribution >= 4 is 23.6 Å². The van der Waals surface area contributed by atoms with Gasteiger partial charge in [-0.1, -0.05) is 6.07 Å². The molecule has 38 heavy (non-hydrogen) atoms. The molecule has 0 radical (unpaired) electrons. The molecule has 2 fully saturated rings. The third-order valence-corrected chi connectivity index (χ3v) is 7.07. The Morgan fingerprint density at radius 1 is 1.08 bits per heavy atom. The van der Waals surface area contributed by atoms with E-state index in [0.29, 0.717) is 68.8 Å². The molecule has 0 bridgehead atoms. The number of piperazine rings is 1. The topological polar surface area (TPSA) is 122 Å². The number of anilines is 2. The van der Waals surface area contributed by atoms with Gasteiger partial charge in [-0.15, -0.1) is 5.10 Å². The number of rotatable bonds is 5. The van der Waals surface area contributed by atoms with Gasteiger partial charge in [-0.3, -0.25) is 9.69 Å². The van der Waals surface area contributed by atoms with E-state index < -0.39 is 17.7 Å². The summed E-state index contributed by atoms with van der Waals surface area (Å²) < 4.78 is 34.2. The summed E-state index contributed by atoms with van der Waals surface area (Å²) in [5.74, 6) is 1.18. The van der Waals surface area contributed by atoms with E-state index >= 15 is 0 Å². The van der Waals surface area contributed by atoms with E-state index in [4.69, 9.17) is 10.2 Å². The molecule has 0 aliphatic carbocycles. The smallest absolute Gasteiger partial charge is 0.259 e. The Balaban J connectivity index is 1.15. The van der Waals surface area contributed by atoms with Crippen LogP contribution < -0.4 is 10.6 Å². The Hall–Kier alpha value is -4.13. The van der Waals surface area contributed by atoms with Crippen LogP contribution >= 0.6 is 0 Å². The van der Waals surface area contributed by atoms with E-state index in [9.17, 15) is 13.6 Å². The molecule has 1 aromatic carbocycles. The molecule has 1 amide bonds. The van der Waals surface area contributed by atoms with Crippen molar-refractivity contribution in [3.8, 4) is 11.6 Å². The van der Waals surface area contributed by atoms with E-state index in [1.165, 1.54) is 16.6 Å². The first-order chi connectivity index (χ1) is 18.4. The van der Waals surface area contributed by atoms with Crippen LogP contribution in [0.5, 0.6) is 0 Å². The number of hydrogen-bond acceptors (Lipinski definition) is 9. The highest BCUT2D eigenvalue weighted by molar-refractivity contribution is 5.85. The number of aryl methyl sites for hydroxylation is 1. The summed E-state index contributed by atoms with van der Waals surface area (Å²) >= 11 is 0. The van der Waals surface area contributed by atoms with Crippen LogP contribution in [-0.2, 0) is 11.3 Å². The molecule has 0 saturated carbocycles. The molecule has 5 heterocycles. The molecule has 2 aliphatic rings. The summed E-state index contributed by atoms with van der Waals surface area (Å²) in [5.41, 5.74) is 6.63. The third-order valence-electron chi connectivity index (χ3n) is 7.07. The second kappa shape index (κ2) is 9.63. The van der Waals surface area contributed by atoms with Gasteiger partial charge in [0.1, 0.15) is 23.4 Å². The molecule has 0 spiro atoms. The van der Waals surface area contributed by atoms with E-state index in [-0.39, 0.29) is 17.6 Å². The zero-order valence-corrected chi connectivity index (χ0v) is 20.8. The standard InChI is InChI=1S/C25H27F2N9O2/c1-15-4-7-20(38-15)21-29-25-31-24(30-23(28)36(25)32-21)35-8-2-3-19(35)22(37)34-11-9-33(10-12-34)14-16-5-6-17(26)13-18(16)27/h4-7,13,19H,2-3,8-12,14H2,1H3,(H2,28,29,30,31,32)/t19-/m0/s1. The normalized spacial score (nSPS) is 18.6. The molecular formula is C25H27F2N9O2. The minimum Gasteiger partial charge on any atom is -0.458 e. The van der Waals surface area contributed by atoms with Crippen molar-refractivity contribution in [2.24, 2.45) is 0 Å².